The summed E-state index contributed by atoms with van der Waals surface area (Å²) in [6.07, 6.45) is -3.03. The number of hydrogen-bond donors (Lipinski definition) is 0. The average Bonchev–Trinajstić information content (AvgIpc) is 2.47. The summed E-state index contributed by atoms with van der Waals surface area (Å²) in [5, 5.41) is 0. The van der Waals surface area contributed by atoms with Gasteiger partial charge in [-0.15, -0.1) is 0 Å². The van der Waals surface area contributed by atoms with Crippen molar-refractivity contribution in [1.29, 1.82) is 0 Å². The number of carbonyl (C=O) groups is 1. The zero-order chi connectivity index (χ0) is 16.3. The van der Waals surface area contributed by atoms with Gasteiger partial charge < -0.3 is 9.64 Å². The number of nitrogens with zero attached hydrogens (tertiary/aromatic N) is 1. The SMILES string of the molecule is CCN(C(=O)[C@@H]1CCO[C@H](C)C1)c1ccc(C(F)(F)F)cc1. The molecule has 1 aliphatic rings. The molecular weight excluding hydrogens is 295 g/mol. The summed E-state index contributed by atoms with van der Waals surface area (Å²) in [6.45, 7) is 4.71. The van der Waals surface area contributed by atoms with Gasteiger partial charge in [0.25, 0.3) is 0 Å². The van der Waals surface area contributed by atoms with E-state index in [4.69, 9.17) is 4.74 Å². The first-order valence-electron chi connectivity index (χ1n) is 7.43. The fourth-order valence-electron chi connectivity index (χ4n) is 2.74. The third-order valence-corrected chi connectivity index (χ3v) is 3.92. The van der Waals surface area contributed by atoms with Crippen molar-refractivity contribution < 1.29 is 22.7 Å². The van der Waals surface area contributed by atoms with Crippen LogP contribution in [-0.2, 0) is 15.7 Å². The summed E-state index contributed by atoms with van der Waals surface area (Å²) in [6, 6.07) is 4.73. The van der Waals surface area contributed by atoms with Crippen LogP contribution in [0.3, 0.4) is 0 Å². The van der Waals surface area contributed by atoms with Gasteiger partial charge in [0.1, 0.15) is 0 Å². The van der Waals surface area contributed by atoms with Crippen molar-refractivity contribution in [3.63, 3.8) is 0 Å². The van der Waals surface area contributed by atoms with Crippen molar-refractivity contribution in [1.82, 2.24) is 0 Å². The third-order valence-electron chi connectivity index (χ3n) is 3.92. The lowest BCUT2D eigenvalue weighted by molar-refractivity contribution is -0.137. The van der Waals surface area contributed by atoms with E-state index in [0.717, 1.165) is 12.1 Å². The van der Waals surface area contributed by atoms with Crippen LogP contribution in [0.1, 0.15) is 32.3 Å². The number of benzene rings is 1. The molecule has 1 heterocycles. The van der Waals surface area contributed by atoms with Crippen molar-refractivity contribution in [2.24, 2.45) is 5.92 Å². The number of carbonyl (C=O) groups excluding carboxylic acids is 1. The number of rotatable bonds is 3. The lowest BCUT2D eigenvalue weighted by atomic mass is 9.94. The summed E-state index contributed by atoms with van der Waals surface area (Å²) in [5.74, 6) is -0.177. The molecule has 2 rings (SSSR count). The lowest BCUT2D eigenvalue weighted by Gasteiger charge is -2.31. The van der Waals surface area contributed by atoms with E-state index in [-0.39, 0.29) is 17.9 Å². The van der Waals surface area contributed by atoms with Gasteiger partial charge in [-0.05, 0) is 51.0 Å². The fourth-order valence-corrected chi connectivity index (χ4v) is 2.74. The van der Waals surface area contributed by atoms with Gasteiger partial charge in [0.05, 0.1) is 11.7 Å². The maximum absolute atomic E-state index is 12.6. The predicted octanol–water partition coefficient (Wildman–Crippen LogP) is 3.87. The zero-order valence-electron chi connectivity index (χ0n) is 12.7. The van der Waals surface area contributed by atoms with Crippen molar-refractivity contribution >= 4 is 11.6 Å². The van der Waals surface area contributed by atoms with Gasteiger partial charge in [0, 0.05) is 24.8 Å². The Morgan fingerprint density at radius 2 is 1.95 bits per heavy atom. The number of halogens is 3. The van der Waals surface area contributed by atoms with E-state index in [2.05, 4.69) is 0 Å². The van der Waals surface area contributed by atoms with Crippen LogP contribution in [0, 0.1) is 5.92 Å². The maximum atomic E-state index is 12.6. The van der Waals surface area contributed by atoms with E-state index in [1.54, 1.807) is 4.90 Å². The zero-order valence-corrected chi connectivity index (χ0v) is 12.7. The number of anilines is 1. The molecule has 0 spiro atoms. The second kappa shape index (κ2) is 6.69. The molecule has 0 saturated carbocycles. The van der Waals surface area contributed by atoms with Crippen molar-refractivity contribution in [2.75, 3.05) is 18.1 Å². The topological polar surface area (TPSA) is 29.5 Å². The smallest absolute Gasteiger partial charge is 0.378 e. The molecular formula is C16H20F3NO2. The van der Waals surface area contributed by atoms with E-state index in [1.165, 1.54) is 12.1 Å². The molecule has 0 bridgehead atoms. The summed E-state index contributed by atoms with van der Waals surface area (Å²) < 4.78 is 43.2. The van der Waals surface area contributed by atoms with E-state index in [0.29, 0.717) is 31.7 Å². The molecule has 1 aromatic carbocycles. The summed E-state index contributed by atoms with van der Waals surface area (Å²) in [4.78, 5) is 14.1. The summed E-state index contributed by atoms with van der Waals surface area (Å²) in [5.41, 5.74) is -0.209. The molecule has 0 aromatic heterocycles. The second-order valence-corrected chi connectivity index (χ2v) is 5.53. The Bertz CT molecular complexity index is 513. The quantitative estimate of drug-likeness (QED) is 0.847. The summed E-state index contributed by atoms with van der Waals surface area (Å²) in [7, 11) is 0. The van der Waals surface area contributed by atoms with Crippen LogP contribution in [0.4, 0.5) is 18.9 Å². The van der Waals surface area contributed by atoms with Gasteiger partial charge in [-0.2, -0.15) is 13.2 Å². The largest absolute Gasteiger partial charge is 0.416 e. The molecule has 1 fully saturated rings. The molecule has 1 aliphatic heterocycles. The second-order valence-electron chi connectivity index (χ2n) is 5.53. The van der Waals surface area contributed by atoms with Crippen LogP contribution < -0.4 is 4.90 Å². The van der Waals surface area contributed by atoms with Crippen molar-refractivity contribution in [2.45, 2.75) is 39.0 Å². The van der Waals surface area contributed by atoms with Crippen LogP contribution >= 0.6 is 0 Å². The van der Waals surface area contributed by atoms with Crippen LogP contribution in [0.2, 0.25) is 0 Å². The minimum Gasteiger partial charge on any atom is -0.378 e. The van der Waals surface area contributed by atoms with Crippen molar-refractivity contribution in [3.05, 3.63) is 29.8 Å². The Morgan fingerprint density at radius 1 is 1.32 bits per heavy atom. The number of amides is 1. The highest BCUT2D eigenvalue weighted by Crippen LogP contribution is 2.31. The molecule has 22 heavy (non-hydrogen) atoms. The molecule has 0 N–H and O–H groups in total. The van der Waals surface area contributed by atoms with Crippen LogP contribution in [-0.4, -0.2) is 25.2 Å². The predicted molar refractivity (Wildman–Crippen MR) is 77.6 cm³/mol. The van der Waals surface area contributed by atoms with Gasteiger partial charge in [0.2, 0.25) is 5.91 Å². The molecule has 3 nitrogen and oxygen atoms in total. The molecule has 122 valence electrons. The number of alkyl halides is 3. The standard InChI is InChI=1S/C16H20F3NO2/c1-3-20(15(21)12-8-9-22-11(2)10-12)14-6-4-13(5-7-14)16(17,18)19/h4-7,11-12H,3,8-10H2,1-2H3/t11-,12-/m1/s1. The Morgan fingerprint density at radius 3 is 2.45 bits per heavy atom. The molecule has 6 heteroatoms. The maximum Gasteiger partial charge on any atom is 0.416 e. The molecule has 1 amide bonds. The highest BCUT2D eigenvalue weighted by atomic mass is 19.4. The highest BCUT2D eigenvalue weighted by Gasteiger charge is 2.32. The highest BCUT2D eigenvalue weighted by molar-refractivity contribution is 5.95. The van der Waals surface area contributed by atoms with E-state index < -0.39 is 11.7 Å². The van der Waals surface area contributed by atoms with Gasteiger partial charge in [0.15, 0.2) is 0 Å². The third kappa shape index (κ3) is 3.80. The molecule has 1 aromatic rings. The Kier molecular flexibility index (Phi) is 5.11. The number of ether oxygens (including phenoxy) is 1. The summed E-state index contributed by atoms with van der Waals surface area (Å²) >= 11 is 0. The minimum atomic E-state index is -4.37. The molecule has 2 atom stereocenters. The molecule has 0 unspecified atom stereocenters. The number of hydrogen-bond acceptors (Lipinski definition) is 2. The lowest BCUT2D eigenvalue weighted by Crippen LogP contribution is -2.40. The molecule has 0 radical (unpaired) electrons. The average molecular weight is 315 g/mol. The van der Waals surface area contributed by atoms with Gasteiger partial charge >= 0.3 is 6.18 Å². The monoisotopic (exact) mass is 315 g/mol. The fraction of sp³-hybridized carbons (Fsp3) is 0.562. The Hall–Kier alpha value is -1.56. The Labute approximate surface area is 128 Å². The minimum absolute atomic E-state index is 0.0361. The van der Waals surface area contributed by atoms with E-state index in [9.17, 15) is 18.0 Å². The van der Waals surface area contributed by atoms with Crippen LogP contribution in [0.25, 0.3) is 0 Å². The first kappa shape index (κ1) is 16.8. The van der Waals surface area contributed by atoms with E-state index >= 15 is 0 Å². The molecule has 1 saturated heterocycles. The normalized spacial score (nSPS) is 22.4. The van der Waals surface area contributed by atoms with Crippen molar-refractivity contribution in [3.8, 4) is 0 Å². The first-order valence-corrected chi connectivity index (χ1v) is 7.43. The van der Waals surface area contributed by atoms with Crippen LogP contribution in [0.15, 0.2) is 24.3 Å². The van der Waals surface area contributed by atoms with Crippen LogP contribution in [0.5, 0.6) is 0 Å². The van der Waals surface area contributed by atoms with Gasteiger partial charge in [-0.3, -0.25) is 4.79 Å². The Balaban J connectivity index is 2.15. The van der Waals surface area contributed by atoms with Gasteiger partial charge in [-0.25, -0.2) is 0 Å². The van der Waals surface area contributed by atoms with Gasteiger partial charge in [-0.1, -0.05) is 0 Å². The first-order chi connectivity index (χ1) is 10.3. The molecule has 0 aliphatic carbocycles. The van der Waals surface area contributed by atoms with E-state index in [1.807, 2.05) is 13.8 Å².